The third kappa shape index (κ3) is 8.46. The van der Waals surface area contributed by atoms with Gasteiger partial charge < -0.3 is 10.2 Å². The zero-order chi connectivity index (χ0) is 31.0. The highest BCUT2D eigenvalue weighted by molar-refractivity contribution is 9.10. The quantitative estimate of drug-likeness (QED) is 0.188. The number of nitrogens with one attached hydrogen (secondary N) is 1. The Hall–Kier alpha value is -3.66. The predicted molar refractivity (Wildman–Crippen MR) is 174 cm³/mol. The van der Waals surface area contributed by atoms with E-state index in [2.05, 4.69) is 21.2 Å². The number of hydrogen-bond acceptors (Lipinski definition) is 4. The molecule has 10 heteroatoms. The van der Waals surface area contributed by atoms with Gasteiger partial charge in [0, 0.05) is 29.0 Å². The summed E-state index contributed by atoms with van der Waals surface area (Å²) in [7, 11) is -4.19. The number of aryl methyl sites for hydroxylation is 1. The summed E-state index contributed by atoms with van der Waals surface area (Å²) in [5.41, 5.74) is 2.92. The molecule has 0 aliphatic rings. The number of carbonyl (C=O) groups excluding carboxylic acids is 2. The highest BCUT2D eigenvalue weighted by Crippen LogP contribution is 2.26. The molecule has 0 unspecified atom stereocenters. The first-order valence-electron chi connectivity index (χ1n) is 13.8. The van der Waals surface area contributed by atoms with Crippen LogP contribution in [-0.2, 0) is 32.6 Å². The number of sulfonamides is 1. The molecule has 0 heterocycles. The molecular formula is C33H33BrClN3O4S. The van der Waals surface area contributed by atoms with Crippen molar-refractivity contribution in [3.05, 3.63) is 129 Å². The molecule has 4 rings (SSSR count). The lowest BCUT2D eigenvalue weighted by Crippen LogP contribution is -2.53. The Morgan fingerprint density at radius 3 is 2.16 bits per heavy atom. The number of likely N-dealkylation sites (N-methyl/N-ethyl adjacent to an activating group) is 1. The van der Waals surface area contributed by atoms with Gasteiger partial charge in [-0.15, -0.1) is 0 Å². The molecule has 0 saturated heterocycles. The summed E-state index contributed by atoms with van der Waals surface area (Å²) in [6.07, 6.45) is 0.251. The number of benzene rings is 4. The van der Waals surface area contributed by atoms with E-state index in [-0.39, 0.29) is 23.8 Å². The average molecular weight is 683 g/mol. The summed E-state index contributed by atoms with van der Waals surface area (Å²) in [4.78, 5) is 29.4. The first kappa shape index (κ1) is 32.3. The summed E-state index contributed by atoms with van der Waals surface area (Å²) in [5, 5.41) is 3.26. The maximum Gasteiger partial charge on any atom is 0.264 e. The second kappa shape index (κ2) is 14.7. The van der Waals surface area contributed by atoms with E-state index in [4.69, 9.17) is 11.6 Å². The number of nitrogens with zero attached hydrogens (tertiary/aromatic N) is 2. The van der Waals surface area contributed by atoms with Crippen molar-refractivity contribution in [2.24, 2.45) is 0 Å². The summed E-state index contributed by atoms with van der Waals surface area (Å²) in [6, 6.07) is 28.7. The van der Waals surface area contributed by atoms with Gasteiger partial charge >= 0.3 is 0 Å². The van der Waals surface area contributed by atoms with Crippen LogP contribution in [-0.4, -0.2) is 44.3 Å². The van der Waals surface area contributed by atoms with Crippen LogP contribution in [0.15, 0.2) is 112 Å². The van der Waals surface area contributed by atoms with Gasteiger partial charge in [0.05, 0.1) is 10.6 Å². The molecule has 0 aromatic heterocycles. The fourth-order valence-corrected chi connectivity index (χ4v) is 6.64. The fraction of sp³-hybridized carbons (Fsp3) is 0.212. The fourth-order valence-electron chi connectivity index (χ4n) is 4.65. The molecule has 0 radical (unpaired) electrons. The summed E-state index contributed by atoms with van der Waals surface area (Å²) in [5.74, 6) is -0.845. The second-order valence-corrected chi connectivity index (χ2v) is 13.3. The van der Waals surface area contributed by atoms with Gasteiger partial charge in [0.2, 0.25) is 11.8 Å². The Morgan fingerprint density at radius 1 is 0.884 bits per heavy atom. The number of halogens is 2. The molecule has 43 heavy (non-hydrogen) atoms. The maximum atomic E-state index is 14.4. The van der Waals surface area contributed by atoms with Crippen LogP contribution in [0, 0.1) is 6.92 Å². The standard InChI is InChI=1S/C33H33BrClN3O4S/c1-3-36-33(40)31(21-25-8-5-4-6-9-25)37(22-26-10-7-11-27(34)20-26)32(39)23-38(29-16-12-24(2)13-17-29)43(41,42)30-18-14-28(35)15-19-30/h4-20,31H,3,21-23H2,1-2H3,(H,36,40)/t31-/m1/s1. The van der Waals surface area contributed by atoms with Crippen LogP contribution in [0.3, 0.4) is 0 Å². The van der Waals surface area contributed by atoms with Gasteiger partial charge in [-0.2, -0.15) is 0 Å². The molecule has 4 aromatic carbocycles. The second-order valence-electron chi connectivity index (χ2n) is 10.1. The molecule has 0 bridgehead atoms. The van der Waals surface area contributed by atoms with Gasteiger partial charge in [0.15, 0.2) is 0 Å². The number of anilines is 1. The minimum absolute atomic E-state index is 0.00613. The van der Waals surface area contributed by atoms with E-state index in [9.17, 15) is 18.0 Å². The Labute approximate surface area is 266 Å². The van der Waals surface area contributed by atoms with Crippen LogP contribution < -0.4 is 9.62 Å². The zero-order valence-corrected chi connectivity index (χ0v) is 27.1. The molecule has 224 valence electrons. The van der Waals surface area contributed by atoms with Crippen molar-refractivity contribution in [3.63, 3.8) is 0 Å². The van der Waals surface area contributed by atoms with E-state index >= 15 is 0 Å². The van der Waals surface area contributed by atoms with Crippen molar-refractivity contribution in [2.75, 3.05) is 17.4 Å². The lowest BCUT2D eigenvalue weighted by Gasteiger charge is -2.34. The SMILES string of the molecule is CCNC(=O)[C@@H](Cc1ccccc1)N(Cc1cccc(Br)c1)C(=O)CN(c1ccc(C)cc1)S(=O)(=O)c1ccc(Cl)cc1. The first-order chi connectivity index (χ1) is 20.6. The molecule has 2 amide bonds. The molecule has 7 nitrogen and oxygen atoms in total. The van der Waals surface area contributed by atoms with E-state index in [0.717, 1.165) is 25.5 Å². The largest absolute Gasteiger partial charge is 0.355 e. The highest BCUT2D eigenvalue weighted by Gasteiger charge is 2.34. The monoisotopic (exact) mass is 681 g/mol. The van der Waals surface area contributed by atoms with Crippen molar-refractivity contribution < 1.29 is 18.0 Å². The highest BCUT2D eigenvalue weighted by atomic mass is 79.9. The molecule has 1 atom stereocenters. The van der Waals surface area contributed by atoms with Gasteiger partial charge in [-0.1, -0.05) is 87.7 Å². The Morgan fingerprint density at radius 2 is 1.53 bits per heavy atom. The van der Waals surface area contributed by atoms with Gasteiger partial charge in [-0.25, -0.2) is 8.42 Å². The van der Waals surface area contributed by atoms with Gasteiger partial charge in [-0.3, -0.25) is 13.9 Å². The Kier molecular flexibility index (Phi) is 11.0. The first-order valence-corrected chi connectivity index (χ1v) is 16.4. The summed E-state index contributed by atoms with van der Waals surface area (Å²) < 4.78 is 29.9. The number of carbonyl (C=O) groups is 2. The van der Waals surface area contributed by atoms with Crippen molar-refractivity contribution in [2.45, 2.75) is 37.8 Å². The minimum Gasteiger partial charge on any atom is -0.355 e. The van der Waals surface area contributed by atoms with Gasteiger partial charge in [-0.05, 0) is 73.5 Å². The topological polar surface area (TPSA) is 86.8 Å². The molecule has 0 spiro atoms. The Balaban J connectivity index is 1.79. The zero-order valence-electron chi connectivity index (χ0n) is 23.9. The summed E-state index contributed by atoms with van der Waals surface area (Å²) in [6.45, 7) is 3.66. The third-order valence-electron chi connectivity index (χ3n) is 6.87. The molecule has 0 fully saturated rings. The van der Waals surface area contributed by atoms with E-state index in [1.165, 1.54) is 29.2 Å². The molecular weight excluding hydrogens is 650 g/mol. The molecule has 0 saturated carbocycles. The molecule has 1 N–H and O–H groups in total. The third-order valence-corrected chi connectivity index (χ3v) is 9.40. The molecule has 0 aliphatic carbocycles. The van der Waals surface area contributed by atoms with Crippen LogP contribution in [0.25, 0.3) is 0 Å². The van der Waals surface area contributed by atoms with E-state index in [0.29, 0.717) is 17.3 Å². The average Bonchev–Trinajstić information content (AvgIpc) is 2.99. The van der Waals surface area contributed by atoms with Crippen molar-refractivity contribution in [3.8, 4) is 0 Å². The van der Waals surface area contributed by atoms with Crippen LogP contribution in [0.4, 0.5) is 5.69 Å². The van der Waals surface area contributed by atoms with E-state index in [1.54, 1.807) is 24.3 Å². The smallest absolute Gasteiger partial charge is 0.264 e. The van der Waals surface area contributed by atoms with Crippen LogP contribution >= 0.6 is 27.5 Å². The number of hydrogen-bond donors (Lipinski definition) is 1. The van der Waals surface area contributed by atoms with E-state index < -0.39 is 28.5 Å². The number of rotatable bonds is 12. The minimum atomic E-state index is -4.19. The maximum absolute atomic E-state index is 14.4. The van der Waals surface area contributed by atoms with Crippen molar-refractivity contribution in [1.29, 1.82) is 0 Å². The lowest BCUT2D eigenvalue weighted by atomic mass is 10.0. The number of amides is 2. The normalized spacial score (nSPS) is 11.9. The van der Waals surface area contributed by atoms with Crippen molar-refractivity contribution in [1.82, 2.24) is 10.2 Å². The van der Waals surface area contributed by atoms with Crippen molar-refractivity contribution >= 4 is 55.1 Å². The van der Waals surface area contributed by atoms with Crippen LogP contribution in [0.5, 0.6) is 0 Å². The molecule has 0 aliphatic heterocycles. The predicted octanol–water partition coefficient (Wildman–Crippen LogP) is 6.38. The lowest BCUT2D eigenvalue weighted by molar-refractivity contribution is -0.140. The van der Waals surface area contributed by atoms with Gasteiger partial charge in [0.25, 0.3) is 10.0 Å². The van der Waals surface area contributed by atoms with E-state index in [1.807, 2.05) is 68.4 Å². The summed E-state index contributed by atoms with van der Waals surface area (Å²) >= 11 is 9.52. The molecule has 4 aromatic rings. The Bertz CT molecular complexity index is 1650. The van der Waals surface area contributed by atoms with Crippen LogP contribution in [0.2, 0.25) is 5.02 Å². The van der Waals surface area contributed by atoms with Crippen LogP contribution in [0.1, 0.15) is 23.6 Å². The van der Waals surface area contributed by atoms with Gasteiger partial charge in [0.1, 0.15) is 12.6 Å².